The van der Waals surface area contributed by atoms with Crippen LogP contribution in [0.4, 0.5) is 0 Å². The minimum absolute atomic E-state index is 0. The van der Waals surface area contributed by atoms with Gasteiger partial charge in [0.05, 0.1) is 0 Å². The molecular weight excluding hydrogens is 350 g/mol. The number of piperidine rings is 1. The number of carbonyl (C=O) groups is 2. The molecule has 0 bridgehead atoms. The Hall–Kier alpha value is -1.59. The maximum Gasteiger partial charge on any atom is 0.251 e. The molecule has 146 valence electrons. The summed E-state index contributed by atoms with van der Waals surface area (Å²) in [6, 6.07) is 7.66. The van der Waals surface area contributed by atoms with E-state index in [4.69, 9.17) is 5.73 Å². The van der Waals surface area contributed by atoms with Gasteiger partial charge in [0.1, 0.15) is 0 Å². The molecule has 0 saturated carbocycles. The monoisotopic (exact) mass is 381 g/mol. The Kier molecular flexibility index (Phi) is 8.57. The number of amides is 2. The van der Waals surface area contributed by atoms with Crippen molar-refractivity contribution in [3.63, 3.8) is 0 Å². The van der Waals surface area contributed by atoms with Crippen LogP contribution in [0.5, 0.6) is 0 Å². The Bertz CT molecular complexity index is 588. The van der Waals surface area contributed by atoms with Crippen molar-refractivity contribution in [1.82, 2.24) is 10.2 Å². The van der Waals surface area contributed by atoms with Crippen molar-refractivity contribution in [3.8, 4) is 0 Å². The summed E-state index contributed by atoms with van der Waals surface area (Å²) in [5.74, 6) is 0.522. The van der Waals surface area contributed by atoms with E-state index in [9.17, 15) is 9.59 Å². The summed E-state index contributed by atoms with van der Waals surface area (Å²) in [5.41, 5.74) is 7.57. The van der Waals surface area contributed by atoms with Gasteiger partial charge in [0.25, 0.3) is 5.91 Å². The highest BCUT2D eigenvalue weighted by molar-refractivity contribution is 5.94. The number of nitrogens with zero attached hydrogens (tertiary/aromatic N) is 1. The second-order valence-electron chi connectivity index (χ2n) is 7.89. The van der Waals surface area contributed by atoms with Crippen molar-refractivity contribution >= 4 is 24.2 Å². The largest absolute Gasteiger partial charge is 0.352 e. The lowest BCUT2D eigenvalue weighted by Gasteiger charge is -2.31. The van der Waals surface area contributed by atoms with Crippen LogP contribution in [0.3, 0.4) is 0 Å². The van der Waals surface area contributed by atoms with Gasteiger partial charge in [-0.3, -0.25) is 9.59 Å². The molecule has 1 aromatic rings. The predicted octanol–water partition coefficient (Wildman–Crippen LogP) is 2.72. The maximum atomic E-state index is 12.2. The van der Waals surface area contributed by atoms with Gasteiger partial charge in [-0.25, -0.2) is 0 Å². The van der Waals surface area contributed by atoms with Crippen LogP contribution in [0.2, 0.25) is 0 Å². The second-order valence-corrected chi connectivity index (χ2v) is 7.89. The van der Waals surface area contributed by atoms with Crippen LogP contribution in [0, 0.1) is 5.92 Å². The molecule has 1 aromatic carbocycles. The van der Waals surface area contributed by atoms with Gasteiger partial charge in [-0.15, -0.1) is 12.4 Å². The van der Waals surface area contributed by atoms with Crippen LogP contribution in [0.1, 0.15) is 56.0 Å². The average Bonchev–Trinajstić information content (AvgIpc) is 2.61. The Morgan fingerprint density at radius 2 is 1.73 bits per heavy atom. The summed E-state index contributed by atoms with van der Waals surface area (Å²) in [7, 11) is 0. The lowest BCUT2D eigenvalue weighted by atomic mass is 9.87. The first-order chi connectivity index (χ1) is 11.8. The molecule has 2 amide bonds. The van der Waals surface area contributed by atoms with Gasteiger partial charge >= 0.3 is 0 Å². The zero-order chi connectivity index (χ0) is 18.4. The fourth-order valence-corrected chi connectivity index (χ4v) is 3.08. The van der Waals surface area contributed by atoms with E-state index < -0.39 is 0 Å². The van der Waals surface area contributed by atoms with E-state index in [1.54, 1.807) is 0 Å². The van der Waals surface area contributed by atoms with Gasteiger partial charge in [-0.2, -0.15) is 0 Å². The van der Waals surface area contributed by atoms with Gasteiger partial charge in [0, 0.05) is 31.6 Å². The highest BCUT2D eigenvalue weighted by atomic mass is 35.5. The SMILES string of the molecule is CC(C)(C)c1ccc(C(=O)NCCC(=O)N2CCC(CN)CC2)cc1.Cl. The van der Waals surface area contributed by atoms with Crippen LogP contribution in [0.25, 0.3) is 0 Å². The summed E-state index contributed by atoms with van der Waals surface area (Å²) in [4.78, 5) is 26.3. The van der Waals surface area contributed by atoms with Crippen molar-refractivity contribution in [1.29, 1.82) is 0 Å². The molecule has 0 radical (unpaired) electrons. The third-order valence-electron chi connectivity index (χ3n) is 4.94. The third kappa shape index (κ3) is 6.29. The molecule has 3 N–H and O–H groups in total. The molecule has 0 unspecified atom stereocenters. The molecule has 1 aliphatic rings. The maximum absolute atomic E-state index is 12.2. The number of rotatable bonds is 5. The topological polar surface area (TPSA) is 75.4 Å². The van der Waals surface area contributed by atoms with E-state index in [0.29, 0.717) is 31.0 Å². The van der Waals surface area contributed by atoms with Crippen LogP contribution in [-0.4, -0.2) is 42.9 Å². The van der Waals surface area contributed by atoms with Crippen molar-refractivity contribution in [2.75, 3.05) is 26.2 Å². The number of halogens is 1. The Morgan fingerprint density at radius 1 is 1.15 bits per heavy atom. The van der Waals surface area contributed by atoms with Crippen molar-refractivity contribution in [2.45, 2.75) is 45.4 Å². The Morgan fingerprint density at radius 3 is 2.23 bits per heavy atom. The number of nitrogens with one attached hydrogen (secondary N) is 1. The lowest BCUT2D eigenvalue weighted by molar-refractivity contribution is -0.132. The molecule has 1 fully saturated rings. The highest BCUT2D eigenvalue weighted by Gasteiger charge is 2.21. The number of carbonyl (C=O) groups excluding carboxylic acids is 2. The highest BCUT2D eigenvalue weighted by Crippen LogP contribution is 2.22. The van der Waals surface area contributed by atoms with E-state index in [0.717, 1.165) is 25.9 Å². The minimum atomic E-state index is -0.130. The van der Waals surface area contributed by atoms with Gasteiger partial charge < -0.3 is 16.0 Å². The summed E-state index contributed by atoms with van der Waals surface area (Å²) >= 11 is 0. The van der Waals surface area contributed by atoms with E-state index in [1.807, 2.05) is 29.2 Å². The molecule has 26 heavy (non-hydrogen) atoms. The number of benzene rings is 1. The van der Waals surface area contributed by atoms with Gasteiger partial charge in [0.15, 0.2) is 0 Å². The van der Waals surface area contributed by atoms with E-state index in [1.165, 1.54) is 5.56 Å². The molecule has 1 aliphatic heterocycles. The van der Waals surface area contributed by atoms with Crippen molar-refractivity contribution in [3.05, 3.63) is 35.4 Å². The van der Waals surface area contributed by atoms with E-state index in [-0.39, 0.29) is 29.6 Å². The standard InChI is InChI=1S/C20H31N3O2.ClH/c1-20(2,3)17-6-4-16(5-7-17)19(25)22-11-8-18(24)23-12-9-15(14-21)10-13-23;/h4-7,15H,8-14,21H2,1-3H3,(H,22,25);1H. The normalized spacial score (nSPS) is 15.3. The molecule has 2 rings (SSSR count). The predicted molar refractivity (Wildman–Crippen MR) is 108 cm³/mol. The summed E-state index contributed by atoms with van der Waals surface area (Å²) in [5, 5.41) is 2.84. The smallest absolute Gasteiger partial charge is 0.251 e. The number of nitrogens with two attached hydrogens (primary N) is 1. The number of likely N-dealkylation sites (tertiary alicyclic amines) is 1. The lowest BCUT2D eigenvalue weighted by Crippen LogP contribution is -2.41. The molecule has 0 atom stereocenters. The quantitative estimate of drug-likeness (QED) is 0.823. The molecule has 0 aromatic heterocycles. The van der Waals surface area contributed by atoms with E-state index in [2.05, 4.69) is 26.1 Å². The first-order valence-corrected chi connectivity index (χ1v) is 9.18. The van der Waals surface area contributed by atoms with Crippen molar-refractivity contribution < 1.29 is 9.59 Å². The average molecular weight is 382 g/mol. The zero-order valence-electron chi connectivity index (χ0n) is 16.1. The van der Waals surface area contributed by atoms with Gasteiger partial charge in [-0.05, 0) is 48.4 Å². The Balaban J connectivity index is 0.00000338. The Labute approximate surface area is 163 Å². The summed E-state index contributed by atoms with van der Waals surface area (Å²) in [6.45, 7) is 9.06. The summed E-state index contributed by atoms with van der Waals surface area (Å²) < 4.78 is 0. The zero-order valence-corrected chi connectivity index (χ0v) is 16.9. The fraction of sp³-hybridized carbons (Fsp3) is 0.600. The third-order valence-corrected chi connectivity index (χ3v) is 4.94. The van der Waals surface area contributed by atoms with E-state index >= 15 is 0 Å². The molecule has 5 nitrogen and oxygen atoms in total. The molecule has 6 heteroatoms. The first kappa shape index (κ1) is 22.5. The van der Waals surface area contributed by atoms with Crippen LogP contribution < -0.4 is 11.1 Å². The number of hydrogen-bond donors (Lipinski definition) is 2. The molecule has 0 aliphatic carbocycles. The van der Waals surface area contributed by atoms with Gasteiger partial charge in [0.2, 0.25) is 5.91 Å². The fourth-order valence-electron chi connectivity index (χ4n) is 3.08. The summed E-state index contributed by atoms with van der Waals surface area (Å²) in [6.07, 6.45) is 2.31. The van der Waals surface area contributed by atoms with Crippen LogP contribution >= 0.6 is 12.4 Å². The first-order valence-electron chi connectivity index (χ1n) is 9.18. The number of hydrogen-bond acceptors (Lipinski definition) is 3. The van der Waals surface area contributed by atoms with Gasteiger partial charge in [-0.1, -0.05) is 32.9 Å². The van der Waals surface area contributed by atoms with Crippen LogP contribution in [0.15, 0.2) is 24.3 Å². The minimum Gasteiger partial charge on any atom is -0.352 e. The van der Waals surface area contributed by atoms with Crippen molar-refractivity contribution in [2.24, 2.45) is 11.7 Å². The molecule has 1 saturated heterocycles. The second kappa shape index (κ2) is 9.93. The molecule has 1 heterocycles. The van der Waals surface area contributed by atoms with Crippen LogP contribution in [-0.2, 0) is 10.2 Å². The molecule has 0 spiro atoms. The molecular formula is C20H32ClN3O2.